The lowest BCUT2D eigenvalue weighted by molar-refractivity contribution is 0.493. The normalized spacial score (nSPS) is 19.6. The van der Waals surface area contributed by atoms with E-state index in [2.05, 4.69) is 6.07 Å². The van der Waals surface area contributed by atoms with Crippen LogP contribution in [0.5, 0.6) is 0 Å². The van der Waals surface area contributed by atoms with Gasteiger partial charge in [0.25, 0.3) is 0 Å². The van der Waals surface area contributed by atoms with Gasteiger partial charge in [-0.3, -0.25) is 0 Å². The van der Waals surface area contributed by atoms with Crippen LogP contribution < -0.4 is 5.73 Å². The predicted octanol–water partition coefficient (Wildman–Crippen LogP) is 2.31. The average Bonchev–Trinajstić information content (AvgIpc) is 2.77. The summed E-state index contributed by atoms with van der Waals surface area (Å²) in [5.74, 6) is 2.67. The van der Waals surface area contributed by atoms with Crippen LogP contribution in [-0.2, 0) is 0 Å². The third-order valence-electron chi connectivity index (χ3n) is 2.57. The molecule has 0 radical (unpaired) electrons. The van der Waals surface area contributed by atoms with Crippen LogP contribution in [0.1, 0.15) is 36.0 Å². The fraction of sp³-hybridized carbons (Fsp3) is 0.600. The molecular formula is C10H15NO. The van der Waals surface area contributed by atoms with Crippen molar-refractivity contribution >= 4 is 0 Å². The van der Waals surface area contributed by atoms with Crippen molar-refractivity contribution in [3.05, 3.63) is 23.2 Å². The highest BCUT2D eigenvalue weighted by atomic mass is 16.3. The molecule has 2 N–H and O–H groups in total. The van der Waals surface area contributed by atoms with Gasteiger partial charge in [0.05, 0.1) is 0 Å². The van der Waals surface area contributed by atoms with Gasteiger partial charge in [0.1, 0.15) is 11.5 Å². The number of furan rings is 1. The number of hydrogen-bond donors (Lipinski definition) is 1. The van der Waals surface area contributed by atoms with Crippen LogP contribution >= 0.6 is 0 Å². The Hall–Kier alpha value is -0.760. The molecule has 1 aliphatic rings. The fourth-order valence-electron chi connectivity index (χ4n) is 1.69. The highest BCUT2D eigenvalue weighted by molar-refractivity contribution is 5.25. The van der Waals surface area contributed by atoms with E-state index in [-0.39, 0.29) is 6.04 Å². The molecule has 1 aromatic rings. The molecule has 0 spiro atoms. The second-order valence-electron chi connectivity index (χ2n) is 3.73. The number of hydrogen-bond acceptors (Lipinski definition) is 2. The third-order valence-corrected chi connectivity index (χ3v) is 2.57. The second kappa shape index (κ2) is 2.63. The molecule has 0 aromatic carbocycles. The van der Waals surface area contributed by atoms with Gasteiger partial charge in [-0.1, -0.05) is 0 Å². The summed E-state index contributed by atoms with van der Waals surface area (Å²) in [5, 5.41) is 0. The Morgan fingerprint density at radius 1 is 1.50 bits per heavy atom. The fourth-order valence-corrected chi connectivity index (χ4v) is 1.69. The van der Waals surface area contributed by atoms with Crippen LogP contribution in [0, 0.1) is 19.8 Å². The lowest BCUT2D eigenvalue weighted by Gasteiger charge is -2.07. The second-order valence-corrected chi connectivity index (χ2v) is 3.73. The molecular weight excluding hydrogens is 150 g/mol. The molecule has 0 bridgehead atoms. The summed E-state index contributed by atoms with van der Waals surface area (Å²) in [6, 6.07) is 2.28. The molecule has 66 valence electrons. The van der Waals surface area contributed by atoms with Crippen LogP contribution in [0.3, 0.4) is 0 Å². The average molecular weight is 165 g/mol. The zero-order valence-corrected chi connectivity index (χ0v) is 7.63. The third kappa shape index (κ3) is 1.27. The van der Waals surface area contributed by atoms with Crippen molar-refractivity contribution in [2.75, 3.05) is 0 Å². The smallest absolute Gasteiger partial charge is 0.105 e. The summed E-state index contributed by atoms with van der Waals surface area (Å²) in [6.07, 6.45) is 2.57. The van der Waals surface area contributed by atoms with Crippen LogP contribution in [0.15, 0.2) is 10.5 Å². The van der Waals surface area contributed by atoms with Crippen LogP contribution in [0.4, 0.5) is 0 Å². The van der Waals surface area contributed by atoms with Crippen molar-refractivity contribution < 1.29 is 4.42 Å². The van der Waals surface area contributed by atoms with Crippen molar-refractivity contribution in [3.63, 3.8) is 0 Å². The Kier molecular flexibility index (Phi) is 1.72. The maximum absolute atomic E-state index is 6.05. The van der Waals surface area contributed by atoms with Gasteiger partial charge in [0.15, 0.2) is 0 Å². The molecule has 1 atom stereocenters. The monoisotopic (exact) mass is 165 g/mol. The van der Waals surface area contributed by atoms with Crippen molar-refractivity contribution in [1.29, 1.82) is 0 Å². The quantitative estimate of drug-likeness (QED) is 0.730. The summed E-state index contributed by atoms with van der Waals surface area (Å²) in [6.45, 7) is 3.96. The minimum atomic E-state index is 0.211. The molecule has 0 amide bonds. The van der Waals surface area contributed by atoms with E-state index in [1.165, 1.54) is 18.4 Å². The molecule has 2 nitrogen and oxygen atoms in total. The molecule has 1 unspecified atom stereocenters. The first kappa shape index (κ1) is 7.87. The van der Waals surface area contributed by atoms with Gasteiger partial charge in [-0.15, -0.1) is 0 Å². The lowest BCUT2D eigenvalue weighted by atomic mass is 10.0. The minimum Gasteiger partial charge on any atom is -0.466 e. The Balaban J connectivity index is 2.25. The Bertz CT molecular complexity index is 286. The van der Waals surface area contributed by atoms with E-state index >= 15 is 0 Å². The molecule has 12 heavy (non-hydrogen) atoms. The van der Waals surface area contributed by atoms with Gasteiger partial charge < -0.3 is 10.2 Å². The molecule has 0 saturated heterocycles. The Morgan fingerprint density at radius 3 is 2.58 bits per heavy atom. The Morgan fingerprint density at radius 2 is 2.17 bits per heavy atom. The van der Waals surface area contributed by atoms with Gasteiger partial charge in [0, 0.05) is 11.6 Å². The standard InChI is InChI=1S/C10H15NO/c1-6-5-9(7(2)12-6)10(11)8-3-4-8/h5,8,10H,3-4,11H2,1-2H3. The summed E-state index contributed by atoms with van der Waals surface area (Å²) >= 11 is 0. The molecule has 0 aliphatic heterocycles. The van der Waals surface area contributed by atoms with E-state index in [4.69, 9.17) is 10.2 Å². The van der Waals surface area contributed by atoms with E-state index < -0.39 is 0 Å². The molecule has 2 heteroatoms. The van der Waals surface area contributed by atoms with E-state index in [9.17, 15) is 0 Å². The molecule has 2 rings (SSSR count). The van der Waals surface area contributed by atoms with Gasteiger partial charge in [0.2, 0.25) is 0 Å². The van der Waals surface area contributed by atoms with E-state index in [0.29, 0.717) is 5.92 Å². The van der Waals surface area contributed by atoms with E-state index in [1.54, 1.807) is 0 Å². The van der Waals surface area contributed by atoms with Gasteiger partial charge in [-0.05, 0) is 38.7 Å². The van der Waals surface area contributed by atoms with Crippen LogP contribution in [0.25, 0.3) is 0 Å². The number of rotatable bonds is 2. The topological polar surface area (TPSA) is 39.2 Å². The van der Waals surface area contributed by atoms with Gasteiger partial charge >= 0.3 is 0 Å². The maximum Gasteiger partial charge on any atom is 0.105 e. The van der Waals surface area contributed by atoms with Crippen molar-refractivity contribution in [2.45, 2.75) is 32.7 Å². The van der Waals surface area contributed by atoms with Crippen molar-refractivity contribution in [3.8, 4) is 0 Å². The first-order valence-electron chi connectivity index (χ1n) is 4.51. The molecule has 1 heterocycles. The first-order valence-corrected chi connectivity index (χ1v) is 4.51. The SMILES string of the molecule is Cc1cc(C(N)C2CC2)c(C)o1. The summed E-state index contributed by atoms with van der Waals surface area (Å²) in [7, 11) is 0. The maximum atomic E-state index is 6.05. The highest BCUT2D eigenvalue weighted by Crippen LogP contribution is 2.40. The lowest BCUT2D eigenvalue weighted by Crippen LogP contribution is -2.12. The van der Waals surface area contributed by atoms with E-state index in [0.717, 1.165) is 11.5 Å². The zero-order valence-electron chi connectivity index (χ0n) is 7.63. The minimum absolute atomic E-state index is 0.211. The molecule has 1 aliphatic carbocycles. The molecule has 1 fully saturated rings. The largest absolute Gasteiger partial charge is 0.466 e. The number of nitrogens with two attached hydrogens (primary N) is 1. The molecule has 1 aromatic heterocycles. The highest BCUT2D eigenvalue weighted by Gasteiger charge is 2.31. The zero-order chi connectivity index (χ0) is 8.72. The van der Waals surface area contributed by atoms with Gasteiger partial charge in [-0.2, -0.15) is 0 Å². The summed E-state index contributed by atoms with van der Waals surface area (Å²) < 4.78 is 5.43. The summed E-state index contributed by atoms with van der Waals surface area (Å²) in [5.41, 5.74) is 7.26. The first-order chi connectivity index (χ1) is 5.68. The van der Waals surface area contributed by atoms with Crippen LogP contribution in [0.2, 0.25) is 0 Å². The number of aryl methyl sites for hydroxylation is 2. The summed E-state index contributed by atoms with van der Waals surface area (Å²) in [4.78, 5) is 0. The van der Waals surface area contributed by atoms with Gasteiger partial charge in [-0.25, -0.2) is 0 Å². The van der Waals surface area contributed by atoms with Crippen molar-refractivity contribution in [1.82, 2.24) is 0 Å². The van der Waals surface area contributed by atoms with Crippen molar-refractivity contribution in [2.24, 2.45) is 11.7 Å². The predicted molar refractivity (Wildman–Crippen MR) is 47.8 cm³/mol. The Labute approximate surface area is 72.7 Å². The van der Waals surface area contributed by atoms with E-state index in [1.807, 2.05) is 13.8 Å². The van der Waals surface area contributed by atoms with Crippen LogP contribution in [-0.4, -0.2) is 0 Å². The molecule has 1 saturated carbocycles.